The fourth-order valence-corrected chi connectivity index (χ4v) is 5.80. The average Bonchev–Trinajstić information content (AvgIpc) is 3.35. The van der Waals surface area contributed by atoms with Crippen LogP contribution in [0.1, 0.15) is 38.0 Å². The number of nitrogens with one attached hydrogen (secondary N) is 2. The van der Waals surface area contributed by atoms with Gasteiger partial charge in [-0.3, -0.25) is 9.80 Å². The summed E-state index contributed by atoms with van der Waals surface area (Å²) in [5.74, 6) is 2.41. The van der Waals surface area contributed by atoms with Crippen LogP contribution in [0, 0.1) is 11.8 Å². The molecule has 9 heteroatoms. The molecule has 1 saturated carbocycles. The van der Waals surface area contributed by atoms with E-state index in [0.717, 1.165) is 61.6 Å². The van der Waals surface area contributed by atoms with Crippen molar-refractivity contribution in [1.29, 1.82) is 0 Å². The van der Waals surface area contributed by atoms with E-state index in [9.17, 15) is 4.79 Å². The number of rotatable bonds is 8. The van der Waals surface area contributed by atoms with Crippen LogP contribution in [-0.4, -0.2) is 58.5 Å². The van der Waals surface area contributed by atoms with Gasteiger partial charge in [0.05, 0.1) is 11.1 Å². The number of fused-ring (bicyclic) bond motifs is 1. The second kappa shape index (κ2) is 9.30. The van der Waals surface area contributed by atoms with Crippen molar-refractivity contribution in [1.82, 2.24) is 30.8 Å². The molecular weight excluding hydrogens is 434 g/mol. The van der Waals surface area contributed by atoms with E-state index in [1.54, 1.807) is 17.7 Å². The molecule has 2 fully saturated rings. The predicted molar refractivity (Wildman–Crippen MR) is 132 cm³/mol. The number of anilines is 1. The van der Waals surface area contributed by atoms with Crippen molar-refractivity contribution < 1.29 is 4.79 Å². The summed E-state index contributed by atoms with van der Waals surface area (Å²) in [7, 11) is 0. The molecule has 5 rings (SSSR count). The van der Waals surface area contributed by atoms with Gasteiger partial charge in [0.15, 0.2) is 0 Å². The van der Waals surface area contributed by atoms with Crippen LogP contribution in [0.5, 0.6) is 0 Å². The number of hydrogen-bond donors (Lipinski definition) is 2. The highest BCUT2D eigenvalue weighted by molar-refractivity contribution is 7.18. The summed E-state index contributed by atoms with van der Waals surface area (Å²) in [5, 5.41) is 3.27. The number of thiophene rings is 1. The lowest BCUT2D eigenvalue weighted by Crippen LogP contribution is -2.49. The Bertz CT molecular complexity index is 1070. The van der Waals surface area contributed by atoms with Crippen LogP contribution in [0.2, 0.25) is 0 Å². The van der Waals surface area contributed by atoms with Crippen LogP contribution >= 0.6 is 11.3 Å². The van der Waals surface area contributed by atoms with E-state index >= 15 is 0 Å². The number of nitrogens with zero attached hydrogens (tertiary/aromatic N) is 5. The predicted octanol–water partition coefficient (Wildman–Crippen LogP) is 3.06. The number of aryl methyl sites for hydroxylation is 1. The molecule has 1 amide bonds. The number of piperazine rings is 1. The zero-order valence-electron chi connectivity index (χ0n) is 19.5. The zero-order valence-corrected chi connectivity index (χ0v) is 20.3. The molecule has 0 spiro atoms. The molecule has 0 bridgehead atoms. The number of hydrogen-bond acceptors (Lipinski definition) is 8. The lowest BCUT2D eigenvalue weighted by atomic mass is 10.2. The van der Waals surface area contributed by atoms with Crippen LogP contribution in [0.15, 0.2) is 36.4 Å². The third-order valence-corrected chi connectivity index (χ3v) is 8.23. The molecule has 8 nitrogen and oxygen atoms in total. The Morgan fingerprint density at radius 2 is 2.12 bits per heavy atom. The van der Waals surface area contributed by atoms with Crippen LogP contribution < -0.4 is 15.9 Å². The molecule has 2 unspecified atom stereocenters. The maximum atomic E-state index is 12.8. The normalized spacial score (nSPS) is 22.8. The molecule has 2 atom stereocenters. The van der Waals surface area contributed by atoms with Crippen molar-refractivity contribution in [3.05, 3.63) is 41.3 Å². The molecule has 0 radical (unpaired) electrons. The first-order valence-electron chi connectivity index (χ1n) is 12.0. The molecule has 2 aromatic rings. The first-order chi connectivity index (χ1) is 16.1. The molecule has 1 saturated heterocycles. The van der Waals surface area contributed by atoms with E-state index in [4.69, 9.17) is 0 Å². The molecule has 2 aliphatic heterocycles. The highest BCUT2D eigenvalue weighted by Crippen LogP contribution is 2.45. The first kappa shape index (κ1) is 22.2. The maximum absolute atomic E-state index is 12.8. The molecule has 33 heavy (non-hydrogen) atoms. The molecule has 176 valence electrons. The average molecular weight is 468 g/mol. The Balaban J connectivity index is 1.10. The van der Waals surface area contributed by atoms with Crippen molar-refractivity contribution in [2.24, 2.45) is 11.8 Å². The van der Waals surface area contributed by atoms with Crippen LogP contribution in [0.4, 0.5) is 5.82 Å². The Labute approximate surface area is 199 Å². The number of carbonyl (C=O) groups is 1. The number of allylic oxidation sites excluding steroid dienone is 3. The van der Waals surface area contributed by atoms with Gasteiger partial charge >= 0.3 is 0 Å². The van der Waals surface area contributed by atoms with Gasteiger partial charge in [0, 0.05) is 55.6 Å². The highest BCUT2D eigenvalue weighted by Gasteiger charge is 2.41. The van der Waals surface area contributed by atoms with Crippen LogP contribution in [0.25, 0.3) is 10.2 Å². The van der Waals surface area contributed by atoms with E-state index in [1.807, 2.05) is 11.0 Å². The van der Waals surface area contributed by atoms with Crippen molar-refractivity contribution in [3.63, 3.8) is 0 Å². The fourth-order valence-electron chi connectivity index (χ4n) is 4.87. The summed E-state index contributed by atoms with van der Waals surface area (Å²) in [5.41, 5.74) is 9.09. The number of carbonyl (C=O) groups excluding carboxylic acids is 1. The summed E-state index contributed by atoms with van der Waals surface area (Å²) < 4.78 is 0. The van der Waals surface area contributed by atoms with Gasteiger partial charge in [-0.1, -0.05) is 13.0 Å². The quantitative estimate of drug-likeness (QED) is 0.578. The van der Waals surface area contributed by atoms with Gasteiger partial charge in [0.1, 0.15) is 17.0 Å². The smallest absolute Gasteiger partial charge is 0.222 e. The summed E-state index contributed by atoms with van der Waals surface area (Å²) in [6.45, 7) is 12.1. The van der Waals surface area contributed by atoms with Crippen molar-refractivity contribution in [2.75, 3.05) is 37.6 Å². The fraction of sp³-hybridized carbons (Fsp3) is 0.542. The molecule has 2 N–H and O–H groups in total. The number of amides is 1. The minimum atomic E-state index is 0.245. The molecule has 1 aliphatic carbocycles. The summed E-state index contributed by atoms with van der Waals surface area (Å²) in [4.78, 5) is 28.5. The zero-order chi connectivity index (χ0) is 22.9. The largest absolute Gasteiger partial charge is 0.352 e. The SMILES string of the molecule is C=CC1CC1C1=C(C)N(CCCC(=O)N2CCN(c3ncnc4sc(CC)cc34)CC2)NN1. The maximum Gasteiger partial charge on any atom is 0.222 e. The third-order valence-electron chi connectivity index (χ3n) is 7.05. The monoisotopic (exact) mass is 467 g/mol. The highest BCUT2D eigenvalue weighted by atomic mass is 32.1. The first-order valence-corrected chi connectivity index (χ1v) is 12.8. The van der Waals surface area contributed by atoms with Gasteiger partial charge in [0.25, 0.3) is 0 Å². The van der Waals surface area contributed by atoms with E-state index in [2.05, 4.69) is 57.3 Å². The molecule has 0 aromatic carbocycles. The van der Waals surface area contributed by atoms with Crippen molar-refractivity contribution >= 4 is 33.3 Å². The van der Waals surface area contributed by atoms with Gasteiger partial charge in [-0.25, -0.2) is 9.97 Å². The Hall–Kier alpha value is -2.65. The third kappa shape index (κ3) is 4.44. The molecule has 2 aromatic heterocycles. The van der Waals surface area contributed by atoms with Gasteiger partial charge in [0.2, 0.25) is 5.91 Å². The van der Waals surface area contributed by atoms with E-state index in [0.29, 0.717) is 18.3 Å². The second-order valence-corrected chi connectivity index (χ2v) is 10.2. The van der Waals surface area contributed by atoms with Crippen molar-refractivity contribution in [3.8, 4) is 0 Å². The lowest BCUT2D eigenvalue weighted by Gasteiger charge is -2.35. The van der Waals surface area contributed by atoms with E-state index in [-0.39, 0.29) is 5.91 Å². The minimum absolute atomic E-state index is 0.245. The number of aromatic nitrogens is 2. The summed E-state index contributed by atoms with van der Waals surface area (Å²) >= 11 is 1.74. The topological polar surface area (TPSA) is 76.6 Å². The molecule has 3 aliphatic rings. The Kier molecular flexibility index (Phi) is 6.25. The molecule has 4 heterocycles. The van der Waals surface area contributed by atoms with Gasteiger partial charge in [-0.2, -0.15) is 0 Å². The van der Waals surface area contributed by atoms with Crippen LogP contribution in [0.3, 0.4) is 0 Å². The number of hydrazine groups is 2. The van der Waals surface area contributed by atoms with E-state index in [1.165, 1.54) is 22.7 Å². The Morgan fingerprint density at radius 3 is 2.85 bits per heavy atom. The van der Waals surface area contributed by atoms with Crippen molar-refractivity contribution in [2.45, 2.75) is 39.5 Å². The standard InChI is InChI=1S/C24H33N7OS/c1-4-17-13-19(17)22-16(3)31(28-27-22)8-6-7-21(32)29-9-11-30(12-10-29)23-20-14-18(5-2)33-24(20)26-15-25-23/h4,14-15,17,19,27-28H,1,5-13H2,2-3H3. The van der Waals surface area contributed by atoms with Gasteiger partial charge < -0.3 is 15.2 Å². The Morgan fingerprint density at radius 1 is 1.30 bits per heavy atom. The second-order valence-electron chi connectivity index (χ2n) is 9.08. The molecular formula is C24H33N7OS. The summed E-state index contributed by atoms with van der Waals surface area (Å²) in [6.07, 6.45) is 7.30. The van der Waals surface area contributed by atoms with Gasteiger partial charge in [-0.05, 0) is 38.2 Å². The van der Waals surface area contributed by atoms with Crippen LogP contribution in [-0.2, 0) is 11.2 Å². The minimum Gasteiger partial charge on any atom is -0.352 e. The van der Waals surface area contributed by atoms with E-state index < -0.39 is 0 Å². The summed E-state index contributed by atoms with van der Waals surface area (Å²) in [6, 6.07) is 2.22. The lowest BCUT2D eigenvalue weighted by molar-refractivity contribution is -0.131. The van der Waals surface area contributed by atoms with Gasteiger partial charge in [-0.15, -0.1) is 23.5 Å².